The molecule has 1 unspecified atom stereocenters. The Kier molecular flexibility index (Phi) is 12.3. The van der Waals surface area contributed by atoms with Crippen LogP contribution in [0.25, 0.3) is 6.08 Å². The lowest BCUT2D eigenvalue weighted by atomic mass is 9.99. The molecule has 0 aromatic heterocycles. The maximum absolute atomic E-state index is 13.8. The van der Waals surface area contributed by atoms with Crippen molar-refractivity contribution in [3.63, 3.8) is 0 Å². The van der Waals surface area contributed by atoms with E-state index in [2.05, 4.69) is 20.5 Å². The third-order valence-electron chi connectivity index (χ3n) is 8.11. The van der Waals surface area contributed by atoms with Gasteiger partial charge in [0.2, 0.25) is 29.5 Å². The molecule has 7 N–H and O–H groups in total. The van der Waals surface area contributed by atoms with E-state index < -0.39 is 49.6 Å². The summed E-state index contributed by atoms with van der Waals surface area (Å²) in [5.41, 5.74) is 6.74. The van der Waals surface area contributed by atoms with Crippen molar-refractivity contribution in [3.05, 3.63) is 71.8 Å². The van der Waals surface area contributed by atoms with Gasteiger partial charge in [0, 0.05) is 25.1 Å². The van der Waals surface area contributed by atoms with Gasteiger partial charge in [-0.2, -0.15) is 0 Å². The van der Waals surface area contributed by atoms with E-state index in [0.29, 0.717) is 37.7 Å². The van der Waals surface area contributed by atoms with Crippen molar-refractivity contribution in [3.8, 4) is 5.75 Å². The first-order valence-electron chi connectivity index (χ1n) is 15.5. The molecule has 252 valence electrons. The van der Waals surface area contributed by atoms with E-state index in [9.17, 15) is 28.5 Å². The maximum atomic E-state index is 13.8. The van der Waals surface area contributed by atoms with Gasteiger partial charge in [-0.05, 0) is 61.4 Å². The van der Waals surface area contributed by atoms with Gasteiger partial charge in [-0.3, -0.25) is 33.8 Å². The fraction of sp³-hybridized carbons (Fsp3) is 0.406. The van der Waals surface area contributed by atoms with Crippen molar-refractivity contribution in [2.24, 2.45) is 5.73 Å². The zero-order chi connectivity index (χ0) is 34.0. The van der Waals surface area contributed by atoms with Crippen molar-refractivity contribution in [2.45, 2.75) is 82.1 Å². The van der Waals surface area contributed by atoms with Crippen LogP contribution in [0.3, 0.4) is 0 Å². The second-order valence-corrected chi connectivity index (χ2v) is 12.8. The molecule has 4 atom stereocenters. The summed E-state index contributed by atoms with van der Waals surface area (Å²) in [5.74, 6) is -2.54. The number of rotatable bonds is 13. The van der Waals surface area contributed by atoms with Crippen molar-refractivity contribution >= 4 is 43.4 Å². The molecule has 2 fully saturated rings. The molecule has 5 amide bonds. The van der Waals surface area contributed by atoms with Gasteiger partial charge in [-0.1, -0.05) is 55.3 Å². The lowest BCUT2D eigenvalue weighted by Crippen LogP contribution is -2.58. The van der Waals surface area contributed by atoms with Crippen LogP contribution in [0.1, 0.15) is 62.5 Å². The summed E-state index contributed by atoms with van der Waals surface area (Å²) in [6, 6.07) is 12.0. The fourth-order valence-electron chi connectivity index (χ4n) is 5.82. The number of carbonyl (C=O) groups excluding carboxylic acids is 5. The van der Waals surface area contributed by atoms with Gasteiger partial charge < -0.3 is 31.1 Å². The number of phosphoric acid groups is 1. The van der Waals surface area contributed by atoms with E-state index in [1.807, 2.05) is 30.3 Å². The monoisotopic (exact) mass is 669 g/mol. The van der Waals surface area contributed by atoms with Crippen LogP contribution < -0.4 is 26.2 Å². The van der Waals surface area contributed by atoms with Gasteiger partial charge in [-0.25, -0.2) is 4.57 Å². The summed E-state index contributed by atoms with van der Waals surface area (Å²) in [7, 11) is -4.70. The number of phosphoric ester groups is 1. The van der Waals surface area contributed by atoms with Gasteiger partial charge in [0.25, 0.3) is 0 Å². The lowest BCUT2D eigenvalue weighted by molar-refractivity contribution is -0.144. The van der Waals surface area contributed by atoms with Crippen LogP contribution in [0.5, 0.6) is 5.75 Å². The Morgan fingerprint density at radius 2 is 1.70 bits per heavy atom. The highest BCUT2D eigenvalue weighted by molar-refractivity contribution is 7.46. The fourth-order valence-corrected chi connectivity index (χ4v) is 6.22. The summed E-state index contributed by atoms with van der Waals surface area (Å²) < 4.78 is 15.5. The highest BCUT2D eigenvalue weighted by Crippen LogP contribution is 2.37. The second-order valence-electron chi connectivity index (χ2n) is 11.6. The highest BCUT2D eigenvalue weighted by Gasteiger charge is 2.44. The molecule has 0 radical (unpaired) electrons. The topological polar surface area (TPSA) is 217 Å². The summed E-state index contributed by atoms with van der Waals surface area (Å²) >= 11 is 0. The highest BCUT2D eigenvalue weighted by atomic mass is 31.2. The van der Waals surface area contributed by atoms with Crippen molar-refractivity contribution in [1.82, 2.24) is 20.9 Å². The van der Waals surface area contributed by atoms with Crippen LogP contribution in [-0.4, -0.2) is 68.4 Å². The lowest BCUT2D eigenvalue weighted by Gasteiger charge is -2.35. The number of nitrogens with one attached hydrogen (secondary N) is 3. The number of primary amides is 1. The summed E-state index contributed by atoms with van der Waals surface area (Å²) in [6.45, 7) is 0.227. The van der Waals surface area contributed by atoms with Crippen molar-refractivity contribution < 1.29 is 42.8 Å². The first-order chi connectivity index (χ1) is 22.4. The van der Waals surface area contributed by atoms with Gasteiger partial charge >= 0.3 is 7.82 Å². The van der Waals surface area contributed by atoms with E-state index in [0.717, 1.165) is 12.0 Å². The van der Waals surface area contributed by atoms with E-state index in [4.69, 9.17) is 15.5 Å². The van der Waals surface area contributed by atoms with Crippen LogP contribution in [0.15, 0.2) is 60.7 Å². The Bertz CT molecular complexity index is 1510. The molecule has 14 nitrogen and oxygen atoms in total. The molecule has 0 saturated carbocycles. The van der Waals surface area contributed by atoms with Crippen LogP contribution in [0, 0.1) is 0 Å². The van der Waals surface area contributed by atoms with Gasteiger partial charge in [0.15, 0.2) is 0 Å². The number of nitrogens with two attached hydrogens (primary N) is 1. The smallest absolute Gasteiger partial charge is 0.404 e. The van der Waals surface area contributed by atoms with E-state index in [1.54, 1.807) is 0 Å². The molecule has 2 saturated heterocycles. The second kappa shape index (κ2) is 16.3. The molecule has 2 aliphatic rings. The van der Waals surface area contributed by atoms with E-state index >= 15 is 0 Å². The molecule has 2 heterocycles. The quantitative estimate of drug-likeness (QED) is 0.135. The Labute approximate surface area is 272 Å². The number of hydrogen-bond donors (Lipinski definition) is 6. The molecule has 2 aliphatic heterocycles. The van der Waals surface area contributed by atoms with Crippen LogP contribution in [-0.2, 0) is 35.1 Å². The molecular weight excluding hydrogens is 629 g/mol. The summed E-state index contributed by atoms with van der Waals surface area (Å²) in [5, 5.41) is 8.29. The molecule has 2 aromatic rings. The zero-order valence-electron chi connectivity index (χ0n) is 25.7. The van der Waals surface area contributed by atoms with Gasteiger partial charge in [0.1, 0.15) is 23.9 Å². The third-order valence-corrected chi connectivity index (χ3v) is 8.56. The number of nitrogens with zero attached hydrogens (tertiary/aromatic N) is 1. The summed E-state index contributed by atoms with van der Waals surface area (Å²) in [4.78, 5) is 84.3. The summed E-state index contributed by atoms with van der Waals surface area (Å²) in [6.07, 6.45) is 6.19. The van der Waals surface area contributed by atoms with Gasteiger partial charge in [0.05, 0.1) is 0 Å². The number of carbonyl (C=O) groups is 5. The number of hydrogen-bond acceptors (Lipinski definition) is 7. The van der Waals surface area contributed by atoms with Gasteiger partial charge in [-0.15, -0.1) is 0 Å². The zero-order valence-corrected chi connectivity index (χ0v) is 26.6. The first kappa shape index (κ1) is 35.3. The molecule has 47 heavy (non-hydrogen) atoms. The Balaban J connectivity index is 1.41. The van der Waals surface area contributed by atoms with Crippen LogP contribution in [0.2, 0.25) is 0 Å². The predicted octanol–water partition coefficient (Wildman–Crippen LogP) is 1.66. The molecule has 0 aliphatic carbocycles. The molecule has 4 rings (SSSR count). The minimum atomic E-state index is -4.70. The first-order valence-corrected chi connectivity index (χ1v) is 17.0. The molecule has 0 spiro atoms. The average Bonchev–Trinajstić information content (AvgIpc) is 3.45. The normalized spacial score (nSPS) is 20.4. The minimum Gasteiger partial charge on any atom is -0.404 e. The Morgan fingerprint density at radius 1 is 1.00 bits per heavy atom. The number of fused-ring (bicyclic) bond motifs is 1. The minimum absolute atomic E-state index is 0.00374. The van der Waals surface area contributed by atoms with E-state index in [1.165, 1.54) is 41.3 Å². The number of amides is 5. The van der Waals surface area contributed by atoms with Crippen molar-refractivity contribution in [2.75, 3.05) is 0 Å². The molecular formula is C32H40N5O9P. The molecule has 15 heteroatoms. The largest absolute Gasteiger partial charge is 0.524 e. The SMILES string of the molecule is NC(=O)CC[C@H](NC(=O)[C@@H]1CCC2CCCC[C@H](NC(=O)/C=C/c3ccc(OP(=O)(O)O)cc3)C(=O)N21)C(=O)NCc1ccccc1. The average molecular weight is 670 g/mol. The van der Waals surface area contributed by atoms with Crippen LogP contribution in [0.4, 0.5) is 0 Å². The molecule has 0 bridgehead atoms. The van der Waals surface area contributed by atoms with Crippen LogP contribution >= 0.6 is 7.82 Å². The Hall–Kier alpha value is -4.52. The van der Waals surface area contributed by atoms with E-state index in [-0.39, 0.29) is 37.1 Å². The molecule has 2 aromatic carbocycles. The van der Waals surface area contributed by atoms with Crippen molar-refractivity contribution in [1.29, 1.82) is 0 Å². The maximum Gasteiger partial charge on any atom is 0.524 e. The number of benzene rings is 2. The predicted molar refractivity (Wildman–Crippen MR) is 171 cm³/mol. The Morgan fingerprint density at radius 3 is 2.38 bits per heavy atom. The standard InChI is InChI=1S/C32H40N5O9P/c33-28(38)18-16-25(30(40)34-20-22-6-2-1-3-7-22)36-31(41)27-17-13-23-8-4-5-9-26(32(42)37(23)27)35-29(39)19-12-21-10-14-24(15-11-21)46-47(43,44)45/h1-3,6-7,10-12,14-15,19,23,25-27H,4-5,8-9,13,16-18,20H2,(H2,33,38)(H,34,40)(H,35,39)(H,36,41)(H2,43,44,45)/b19-12+/t23?,25-,26-,27-/m0/s1. The third kappa shape index (κ3) is 10.8.